The number of nitrogens with one attached hydrogen (secondary N) is 1. The quantitative estimate of drug-likeness (QED) is 0.557. The molecule has 0 bridgehead atoms. The van der Waals surface area contributed by atoms with Gasteiger partial charge in [-0.05, 0) is 44.2 Å². The van der Waals surface area contributed by atoms with E-state index in [-0.39, 0.29) is 12.1 Å². The molecule has 0 aliphatic carbocycles. The summed E-state index contributed by atoms with van der Waals surface area (Å²) >= 11 is 0. The molecule has 4 nitrogen and oxygen atoms in total. The maximum absolute atomic E-state index is 12.1. The minimum absolute atomic E-state index is 0.136. The lowest BCUT2D eigenvalue weighted by Gasteiger charge is -2.07. The van der Waals surface area contributed by atoms with Gasteiger partial charge in [-0.15, -0.1) is 0 Å². The number of H-pyrrole nitrogens is 1. The van der Waals surface area contributed by atoms with Gasteiger partial charge in [0.05, 0.1) is 28.2 Å². The number of aromatic amines is 1. The second kappa shape index (κ2) is 5.09. The number of esters is 1. The summed E-state index contributed by atoms with van der Waals surface area (Å²) < 4.78 is 5.27. The van der Waals surface area contributed by atoms with Crippen LogP contribution in [0.1, 0.15) is 24.2 Å². The number of pyridine rings is 1. The number of hydrogen-bond donors (Lipinski definition) is 1. The lowest BCUT2D eigenvalue weighted by Crippen LogP contribution is -2.11. The first-order valence-corrected chi connectivity index (χ1v) is 7.64. The molecule has 0 saturated carbocycles. The van der Waals surface area contributed by atoms with Gasteiger partial charge >= 0.3 is 5.97 Å². The van der Waals surface area contributed by atoms with E-state index in [1.54, 1.807) is 6.07 Å². The molecule has 0 aliphatic heterocycles. The SMILES string of the molecule is CC(C)OC(=O)c1ccc2[nH]c3cc4ccccc4nc3c2c1. The molecule has 0 spiro atoms. The zero-order chi connectivity index (χ0) is 16.0. The highest BCUT2D eigenvalue weighted by molar-refractivity contribution is 6.10. The number of fused-ring (bicyclic) bond motifs is 4. The molecule has 23 heavy (non-hydrogen) atoms. The van der Waals surface area contributed by atoms with E-state index in [1.807, 2.05) is 50.2 Å². The fourth-order valence-electron chi connectivity index (χ4n) is 2.82. The second-order valence-electron chi connectivity index (χ2n) is 5.92. The molecule has 0 atom stereocenters. The fraction of sp³-hybridized carbons (Fsp3) is 0.158. The van der Waals surface area contributed by atoms with Crippen LogP contribution in [0.3, 0.4) is 0 Å². The van der Waals surface area contributed by atoms with E-state index in [0.717, 1.165) is 32.8 Å². The first-order chi connectivity index (χ1) is 11.1. The highest BCUT2D eigenvalue weighted by Crippen LogP contribution is 2.27. The van der Waals surface area contributed by atoms with Gasteiger partial charge in [0, 0.05) is 16.3 Å². The molecule has 0 fully saturated rings. The predicted octanol–water partition coefficient (Wildman–Crippen LogP) is 4.43. The summed E-state index contributed by atoms with van der Waals surface area (Å²) in [6.45, 7) is 3.69. The molecule has 0 unspecified atom stereocenters. The van der Waals surface area contributed by atoms with Crippen molar-refractivity contribution < 1.29 is 9.53 Å². The molecular weight excluding hydrogens is 288 g/mol. The van der Waals surface area contributed by atoms with Gasteiger partial charge in [0.15, 0.2) is 0 Å². The van der Waals surface area contributed by atoms with Gasteiger partial charge in [-0.25, -0.2) is 9.78 Å². The molecule has 0 saturated heterocycles. The van der Waals surface area contributed by atoms with Gasteiger partial charge in [0.2, 0.25) is 0 Å². The highest BCUT2D eigenvalue weighted by atomic mass is 16.5. The lowest BCUT2D eigenvalue weighted by atomic mass is 10.1. The monoisotopic (exact) mass is 304 g/mol. The Morgan fingerprint density at radius 3 is 2.74 bits per heavy atom. The normalized spacial score (nSPS) is 11.6. The number of ether oxygens (including phenoxy) is 1. The molecule has 114 valence electrons. The summed E-state index contributed by atoms with van der Waals surface area (Å²) in [6, 6.07) is 15.6. The Labute approximate surface area is 133 Å². The summed E-state index contributed by atoms with van der Waals surface area (Å²) in [5.41, 5.74) is 4.29. The summed E-state index contributed by atoms with van der Waals surface area (Å²) in [6.07, 6.45) is -0.136. The maximum atomic E-state index is 12.1. The van der Waals surface area contributed by atoms with Crippen LogP contribution >= 0.6 is 0 Å². The Morgan fingerprint density at radius 1 is 1.09 bits per heavy atom. The third kappa shape index (κ3) is 2.32. The zero-order valence-corrected chi connectivity index (χ0v) is 13.0. The minimum atomic E-state index is -0.308. The second-order valence-corrected chi connectivity index (χ2v) is 5.92. The summed E-state index contributed by atoms with van der Waals surface area (Å²) in [5.74, 6) is -0.308. The standard InChI is InChI=1S/C19H16N2O2/c1-11(2)23-19(22)13-7-8-16-14(9-13)18-17(20-16)10-12-5-3-4-6-15(12)21-18/h3-11,20H,1-2H3. The van der Waals surface area contributed by atoms with Gasteiger partial charge in [-0.3, -0.25) is 0 Å². The van der Waals surface area contributed by atoms with Crippen LogP contribution in [-0.2, 0) is 4.74 Å². The van der Waals surface area contributed by atoms with Gasteiger partial charge < -0.3 is 9.72 Å². The minimum Gasteiger partial charge on any atom is -0.459 e. The molecular formula is C19H16N2O2. The van der Waals surface area contributed by atoms with Gasteiger partial charge in [0.1, 0.15) is 0 Å². The Balaban J connectivity index is 1.94. The van der Waals surface area contributed by atoms with Gasteiger partial charge in [0.25, 0.3) is 0 Å². The van der Waals surface area contributed by atoms with Crippen LogP contribution < -0.4 is 0 Å². The molecule has 4 rings (SSSR count). The third-order valence-electron chi connectivity index (χ3n) is 3.85. The Kier molecular flexibility index (Phi) is 3.05. The number of nitrogens with zero attached hydrogens (tertiary/aromatic N) is 1. The summed E-state index contributed by atoms with van der Waals surface area (Å²) in [5, 5.41) is 2.02. The summed E-state index contributed by atoms with van der Waals surface area (Å²) in [4.78, 5) is 20.2. The van der Waals surface area contributed by atoms with Crippen LogP contribution in [0.15, 0.2) is 48.5 Å². The van der Waals surface area contributed by atoms with Crippen LogP contribution in [0.5, 0.6) is 0 Å². The maximum Gasteiger partial charge on any atom is 0.338 e. The van der Waals surface area contributed by atoms with E-state index in [2.05, 4.69) is 11.1 Å². The van der Waals surface area contributed by atoms with Crippen LogP contribution in [0.25, 0.3) is 32.8 Å². The van der Waals surface area contributed by atoms with Crippen LogP contribution in [-0.4, -0.2) is 22.0 Å². The Hall–Kier alpha value is -2.88. The van der Waals surface area contributed by atoms with Crippen molar-refractivity contribution in [3.63, 3.8) is 0 Å². The molecule has 4 aromatic rings. The average molecular weight is 304 g/mol. The average Bonchev–Trinajstić information content (AvgIpc) is 2.88. The van der Waals surface area contributed by atoms with Crippen molar-refractivity contribution in [3.8, 4) is 0 Å². The van der Waals surface area contributed by atoms with Crippen molar-refractivity contribution in [2.75, 3.05) is 0 Å². The molecule has 2 aromatic carbocycles. The molecule has 0 radical (unpaired) electrons. The first kappa shape index (κ1) is 13.8. The largest absolute Gasteiger partial charge is 0.459 e. The van der Waals surface area contributed by atoms with Crippen molar-refractivity contribution in [2.24, 2.45) is 0 Å². The number of carbonyl (C=O) groups excluding carboxylic acids is 1. The third-order valence-corrected chi connectivity index (χ3v) is 3.85. The van der Waals surface area contributed by atoms with Gasteiger partial charge in [-0.1, -0.05) is 18.2 Å². The van der Waals surface area contributed by atoms with E-state index >= 15 is 0 Å². The highest BCUT2D eigenvalue weighted by Gasteiger charge is 2.13. The first-order valence-electron chi connectivity index (χ1n) is 7.64. The fourth-order valence-corrected chi connectivity index (χ4v) is 2.82. The number of benzene rings is 2. The van der Waals surface area contributed by atoms with E-state index in [1.165, 1.54) is 0 Å². The molecule has 0 amide bonds. The van der Waals surface area contributed by atoms with Crippen LogP contribution in [0.2, 0.25) is 0 Å². The van der Waals surface area contributed by atoms with Crippen molar-refractivity contribution in [3.05, 3.63) is 54.1 Å². The van der Waals surface area contributed by atoms with Gasteiger partial charge in [-0.2, -0.15) is 0 Å². The van der Waals surface area contributed by atoms with E-state index < -0.39 is 0 Å². The molecule has 0 aliphatic rings. The van der Waals surface area contributed by atoms with Crippen LogP contribution in [0, 0.1) is 0 Å². The number of aromatic nitrogens is 2. The molecule has 2 heterocycles. The van der Waals surface area contributed by atoms with E-state index in [4.69, 9.17) is 9.72 Å². The topological polar surface area (TPSA) is 55.0 Å². The molecule has 2 aromatic heterocycles. The van der Waals surface area contributed by atoms with Crippen molar-refractivity contribution >= 4 is 38.8 Å². The number of hydrogen-bond acceptors (Lipinski definition) is 3. The lowest BCUT2D eigenvalue weighted by molar-refractivity contribution is 0.0378. The zero-order valence-electron chi connectivity index (χ0n) is 13.0. The van der Waals surface area contributed by atoms with Crippen molar-refractivity contribution in [1.29, 1.82) is 0 Å². The molecule has 1 N–H and O–H groups in total. The van der Waals surface area contributed by atoms with Crippen LogP contribution in [0.4, 0.5) is 0 Å². The summed E-state index contributed by atoms with van der Waals surface area (Å²) in [7, 11) is 0. The Morgan fingerprint density at radius 2 is 1.91 bits per heavy atom. The predicted molar refractivity (Wildman–Crippen MR) is 91.7 cm³/mol. The van der Waals surface area contributed by atoms with Crippen molar-refractivity contribution in [2.45, 2.75) is 20.0 Å². The Bertz CT molecular complexity index is 1050. The van der Waals surface area contributed by atoms with E-state index in [0.29, 0.717) is 5.56 Å². The van der Waals surface area contributed by atoms with E-state index in [9.17, 15) is 4.79 Å². The molecule has 4 heteroatoms. The van der Waals surface area contributed by atoms with Crippen molar-refractivity contribution in [1.82, 2.24) is 9.97 Å². The number of rotatable bonds is 2. The number of carbonyl (C=O) groups is 1. The number of para-hydroxylation sites is 1. The smallest absolute Gasteiger partial charge is 0.338 e.